The van der Waals surface area contributed by atoms with Crippen molar-refractivity contribution in [1.82, 2.24) is 15.0 Å². The highest BCUT2D eigenvalue weighted by Gasteiger charge is 2.22. The van der Waals surface area contributed by atoms with Crippen LogP contribution in [0.2, 0.25) is 0 Å². The summed E-state index contributed by atoms with van der Waals surface area (Å²) in [7, 11) is 0. The molecule has 0 aliphatic carbocycles. The van der Waals surface area contributed by atoms with Gasteiger partial charge in [0, 0.05) is 53.2 Å². The molecule has 0 radical (unpaired) electrons. The van der Waals surface area contributed by atoms with Crippen LogP contribution in [-0.4, -0.2) is 15.0 Å². The zero-order valence-electron chi connectivity index (χ0n) is 26.7. The van der Waals surface area contributed by atoms with Crippen molar-refractivity contribution in [2.75, 3.05) is 0 Å². The van der Waals surface area contributed by atoms with Gasteiger partial charge in [-0.3, -0.25) is 0 Å². The third kappa shape index (κ3) is 4.63. The Balaban J connectivity index is 1.29. The zero-order chi connectivity index (χ0) is 33.0. The maximum absolute atomic E-state index is 6.32. The van der Waals surface area contributed by atoms with E-state index >= 15 is 0 Å². The van der Waals surface area contributed by atoms with E-state index in [1.54, 1.807) is 0 Å². The predicted molar refractivity (Wildman–Crippen MR) is 207 cm³/mol. The molecule has 5 heteroatoms. The van der Waals surface area contributed by atoms with E-state index < -0.39 is 0 Å². The van der Waals surface area contributed by atoms with Crippen molar-refractivity contribution in [1.29, 1.82) is 0 Å². The van der Waals surface area contributed by atoms with Crippen LogP contribution in [0, 0.1) is 0 Å². The zero-order valence-corrected chi connectivity index (χ0v) is 27.6. The molecule has 0 aliphatic heterocycles. The van der Waals surface area contributed by atoms with Crippen molar-refractivity contribution in [2.24, 2.45) is 0 Å². The summed E-state index contributed by atoms with van der Waals surface area (Å²) in [6.07, 6.45) is 0. The van der Waals surface area contributed by atoms with Crippen LogP contribution in [0.4, 0.5) is 0 Å². The van der Waals surface area contributed by atoms with Gasteiger partial charge in [0.25, 0.3) is 0 Å². The summed E-state index contributed by atoms with van der Waals surface area (Å²) in [5.74, 6) is 1.94. The number of aromatic nitrogens is 3. The molecule has 0 saturated heterocycles. The number of furan rings is 1. The van der Waals surface area contributed by atoms with Gasteiger partial charge in [-0.1, -0.05) is 146 Å². The lowest BCUT2D eigenvalue weighted by atomic mass is 9.95. The summed E-state index contributed by atoms with van der Waals surface area (Å²) in [5, 5.41) is 4.56. The minimum absolute atomic E-state index is 0.647. The van der Waals surface area contributed by atoms with E-state index in [0.717, 1.165) is 49.6 Å². The van der Waals surface area contributed by atoms with Gasteiger partial charge in [-0.05, 0) is 34.9 Å². The number of rotatable bonds is 5. The summed E-state index contributed by atoms with van der Waals surface area (Å²) in [4.78, 5) is 15.3. The number of hydrogen-bond acceptors (Lipinski definition) is 5. The molecule has 3 aromatic heterocycles. The largest absolute Gasteiger partial charge is 0.456 e. The van der Waals surface area contributed by atoms with Crippen molar-refractivity contribution in [3.8, 4) is 56.4 Å². The first-order valence-corrected chi connectivity index (χ1v) is 17.4. The molecule has 0 fully saturated rings. The Morgan fingerprint density at radius 3 is 1.60 bits per heavy atom. The van der Waals surface area contributed by atoms with E-state index in [1.165, 1.54) is 31.5 Å². The topological polar surface area (TPSA) is 51.8 Å². The Bertz CT molecular complexity index is 2800. The molecule has 0 atom stereocenters. The van der Waals surface area contributed by atoms with Crippen molar-refractivity contribution in [3.05, 3.63) is 164 Å². The van der Waals surface area contributed by atoms with Crippen LogP contribution in [0.25, 0.3) is 98.5 Å². The predicted octanol–water partition coefficient (Wildman–Crippen LogP) is 12.5. The molecule has 3 heterocycles. The number of nitrogens with zero attached hydrogens (tertiary/aromatic N) is 3. The molecule has 0 N–H and O–H groups in total. The van der Waals surface area contributed by atoms with Crippen molar-refractivity contribution in [2.45, 2.75) is 0 Å². The molecule has 10 aromatic rings. The summed E-state index contributed by atoms with van der Waals surface area (Å²) in [6.45, 7) is 0. The fraction of sp³-hybridized carbons (Fsp3) is 0. The van der Waals surface area contributed by atoms with E-state index in [-0.39, 0.29) is 0 Å². The summed E-state index contributed by atoms with van der Waals surface area (Å²) >= 11 is 1.83. The van der Waals surface area contributed by atoms with Gasteiger partial charge >= 0.3 is 0 Å². The van der Waals surface area contributed by atoms with Crippen LogP contribution in [-0.2, 0) is 0 Å². The Morgan fingerprint density at radius 1 is 0.340 bits per heavy atom. The van der Waals surface area contributed by atoms with Gasteiger partial charge in [0.05, 0.1) is 0 Å². The maximum Gasteiger partial charge on any atom is 0.164 e. The normalized spacial score (nSPS) is 11.6. The van der Waals surface area contributed by atoms with E-state index in [1.807, 2.05) is 59.9 Å². The highest BCUT2D eigenvalue weighted by atomic mass is 32.1. The van der Waals surface area contributed by atoms with Crippen LogP contribution in [0.5, 0.6) is 0 Å². The third-order valence-corrected chi connectivity index (χ3v) is 10.6. The first kappa shape index (κ1) is 28.6. The highest BCUT2D eigenvalue weighted by Crippen LogP contribution is 2.48. The molecule has 0 saturated carbocycles. The number of para-hydroxylation sites is 1. The molecular weight excluding hydrogens is 631 g/mol. The van der Waals surface area contributed by atoms with Gasteiger partial charge in [0.1, 0.15) is 11.2 Å². The van der Waals surface area contributed by atoms with Crippen molar-refractivity contribution < 1.29 is 4.42 Å². The average Bonchev–Trinajstić information content (AvgIpc) is 3.78. The van der Waals surface area contributed by atoms with Crippen LogP contribution >= 0.6 is 11.3 Å². The second-order valence-corrected chi connectivity index (χ2v) is 13.4. The van der Waals surface area contributed by atoms with Crippen LogP contribution in [0.3, 0.4) is 0 Å². The van der Waals surface area contributed by atoms with Crippen LogP contribution < -0.4 is 0 Å². The second-order valence-electron chi connectivity index (χ2n) is 12.3. The van der Waals surface area contributed by atoms with Gasteiger partial charge in [0.15, 0.2) is 17.5 Å². The summed E-state index contributed by atoms with van der Waals surface area (Å²) in [5.41, 5.74) is 9.35. The monoisotopic (exact) mass is 657 g/mol. The van der Waals surface area contributed by atoms with Crippen molar-refractivity contribution >= 4 is 53.4 Å². The average molecular weight is 658 g/mol. The smallest absolute Gasteiger partial charge is 0.164 e. The minimum atomic E-state index is 0.647. The highest BCUT2D eigenvalue weighted by molar-refractivity contribution is 7.27. The van der Waals surface area contributed by atoms with Gasteiger partial charge < -0.3 is 4.42 Å². The Kier molecular flexibility index (Phi) is 6.64. The molecule has 50 heavy (non-hydrogen) atoms. The van der Waals surface area contributed by atoms with E-state index in [0.29, 0.717) is 17.5 Å². The Labute approximate surface area is 292 Å². The molecule has 10 rings (SSSR count). The first-order valence-electron chi connectivity index (χ1n) is 16.6. The SMILES string of the molecule is c1ccc(-c2nc(-c3ccccc3)nc(-c3ccc(-c4ccccc4)c4sc5c(-c6cccc7oc8ccccc8c67)cccc5c34)n2)cc1. The molecule has 0 aliphatic rings. The first-order chi connectivity index (χ1) is 24.8. The molecular formula is C45H27N3OS. The van der Waals surface area contributed by atoms with Gasteiger partial charge in [-0.15, -0.1) is 11.3 Å². The van der Waals surface area contributed by atoms with Gasteiger partial charge in [-0.2, -0.15) is 0 Å². The van der Waals surface area contributed by atoms with Crippen LogP contribution in [0.1, 0.15) is 0 Å². The number of fused-ring (bicyclic) bond motifs is 6. The van der Waals surface area contributed by atoms with Crippen LogP contribution in [0.15, 0.2) is 168 Å². The number of benzene rings is 7. The standard InChI is InChI=1S/C45H27N3OS/c1-4-14-28(15-5-1)31-26-27-36(45-47-43(29-16-6-2-7-17-29)46-44(48-45)30-18-8-3-9-19-30)40-35-23-12-22-33(41(35)50-42(31)40)32-21-13-25-38-39(32)34-20-10-11-24-37(34)49-38/h1-27H. The van der Waals surface area contributed by atoms with Gasteiger partial charge in [-0.25, -0.2) is 15.0 Å². The maximum atomic E-state index is 6.32. The second kappa shape index (κ2) is 11.6. The number of hydrogen-bond donors (Lipinski definition) is 0. The number of thiophene rings is 1. The molecule has 4 nitrogen and oxygen atoms in total. The quantitative estimate of drug-likeness (QED) is 0.185. The molecule has 0 unspecified atom stereocenters. The molecule has 0 spiro atoms. The van der Waals surface area contributed by atoms with E-state index in [9.17, 15) is 0 Å². The lowest BCUT2D eigenvalue weighted by molar-refractivity contribution is 0.669. The lowest BCUT2D eigenvalue weighted by Gasteiger charge is -2.11. The van der Waals surface area contributed by atoms with Gasteiger partial charge in [0.2, 0.25) is 0 Å². The fourth-order valence-electron chi connectivity index (χ4n) is 7.07. The fourth-order valence-corrected chi connectivity index (χ4v) is 8.46. The minimum Gasteiger partial charge on any atom is -0.456 e. The molecule has 7 aromatic carbocycles. The summed E-state index contributed by atoms with van der Waals surface area (Å²) < 4.78 is 8.73. The molecule has 0 amide bonds. The Hall–Kier alpha value is -6.43. The van der Waals surface area contributed by atoms with E-state index in [4.69, 9.17) is 19.4 Å². The molecule has 0 bridgehead atoms. The van der Waals surface area contributed by atoms with Crippen molar-refractivity contribution in [3.63, 3.8) is 0 Å². The third-order valence-electron chi connectivity index (χ3n) is 9.36. The Morgan fingerprint density at radius 2 is 0.880 bits per heavy atom. The lowest BCUT2D eigenvalue weighted by Crippen LogP contribution is -2.00. The molecule has 234 valence electrons. The summed E-state index contributed by atoms with van der Waals surface area (Å²) in [6, 6.07) is 56.6. The van der Waals surface area contributed by atoms with E-state index in [2.05, 4.69) is 115 Å².